The molecule has 0 aromatic heterocycles. The number of benzene rings is 1. The summed E-state index contributed by atoms with van der Waals surface area (Å²) in [6.07, 6.45) is 33.2. The van der Waals surface area contributed by atoms with Crippen LogP contribution >= 0.6 is 0 Å². The fraction of sp³-hybridized carbons (Fsp3) is 0.857. The molecule has 0 spiro atoms. The van der Waals surface area contributed by atoms with E-state index in [1.54, 1.807) is 0 Å². The molecule has 3 aliphatic carbocycles. The van der Waals surface area contributed by atoms with E-state index in [2.05, 4.69) is 26.8 Å². The zero-order chi connectivity index (χ0) is 32.6. The zero-order valence-corrected chi connectivity index (χ0v) is 30.5. The van der Waals surface area contributed by atoms with Crippen LogP contribution in [0.25, 0.3) is 0 Å². The molecular weight excluding hydrogens is 568 g/mol. The van der Waals surface area contributed by atoms with Crippen LogP contribution in [0.2, 0.25) is 0 Å². The first-order valence-corrected chi connectivity index (χ1v) is 20.2. The fourth-order valence-corrected chi connectivity index (χ4v) is 8.97. The van der Waals surface area contributed by atoms with Crippen LogP contribution in [-0.2, 0) is 34.0 Å². The van der Waals surface area contributed by atoms with Gasteiger partial charge in [-0.25, -0.2) is 0 Å². The van der Waals surface area contributed by atoms with E-state index in [9.17, 15) is 5.11 Å². The molecule has 0 radical (unpaired) electrons. The lowest BCUT2D eigenvalue weighted by molar-refractivity contribution is -0.0977. The topological polar surface area (TPSA) is 47.9 Å². The standard InChI is InChI=1S/C42H72O4/c1-4-7-13-24-40(27-16-10-17-28-40)44-33-36-22-23-39(43)38(35-46-42(26-15-9-6-3)31-20-12-21-32-42)37(36)34-45-41(25-14-8-5-2)29-18-11-19-30-41/h22-23,43H,4-21,24-35H2,1-3H3. The Morgan fingerprint density at radius 2 is 0.848 bits per heavy atom. The highest BCUT2D eigenvalue weighted by Crippen LogP contribution is 2.42. The molecule has 0 heterocycles. The minimum Gasteiger partial charge on any atom is -0.508 e. The number of aromatic hydroxyl groups is 1. The Morgan fingerprint density at radius 1 is 0.478 bits per heavy atom. The predicted octanol–water partition coefficient (Wildman–Crippen LogP) is 12.8. The molecule has 1 aromatic carbocycles. The maximum atomic E-state index is 11.5. The van der Waals surface area contributed by atoms with Crippen molar-refractivity contribution >= 4 is 0 Å². The van der Waals surface area contributed by atoms with Gasteiger partial charge >= 0.3 is 0 Å². The van der Waals surface area contributed by atoms with Crippen LogP contribution < -0.4 is 0 Å². The van der Waals surface area contributed by atoms with Gasteiger partial charge in [0.15, 0.2) is 0 Å². The Bertz CT molecular complexity index is 968. The first-order chi connectivity index (χ1) is 22.5. The van der Waals surface area contributed by atoms with Crippen LogP contribution in [-0.4, -0.2) is 21.9 Å². The number of phenols is 1. The number of phenolic OH excluding ortho intramolecular Hbond substituents is 1. The second-order valence-corrected chi connectivity index (χ2v) is 15.7. The van der Waals surface area contributed by atoms with E-state index in [4.69, 9.17) is 14.2 Å². The summed E-state index contributed by atoms with van der Waals surface area (Å²) in [6.45, 7) is 8.49. The van der Waals surface area contributed by atoms with Crippen molar-refractivity contribution in [3.63, 3.8) is 0 Å². The van der Waals surface area contributed by atoms with Crippen molar-refractivity contribution in [2.75, 3.05) is 0 Å². The Morgan fingerprint density at radius 3 is 1.24 bits per heavy atom. The summed E-state index contributed by atoms with van der Waals surface area (Å²) >= 11 is 0. The molecular formula is C42H72O4. The largest absolute Gasteiger partial charge is 0.508 e. The van der Waals surface area contributed by atoms with E-state index in [1.807, 2.05) is 6.07 Å². The van der Waals surface area contributed by atoms with Crippen molar-refractivity contribution in [2.45, 2.75) is 231 Å². The summed E-state index contributed by atoms with van der Waals surface area (Å²) in [7, 11) is 0. The first kappa shape index (κ1) is 37.7. The molecule has 4 heteroatoms. The van der Waals surface area contributed by atoms with Gasteiger partial charge in [-0.1, -0.05) is 142 Å². The lowest BCUT2D eigenvalue weighted by Crippen LogP contribution is -2.36. The number of unbranched alkanes of at least 4 members (excludes halogenated alkanes) is 6. The van der Waals surface area contributed by atoms with Gasteiger partial charge in [0.1, 0.15) is 5.75 Å². The third kappa shape index (κ3) is 11.2. The van der Waals surface area contributed by atoms with Crippen LogP contribution in [0.4, 0.5) is 0 Å². The highest BCUT2D eigenvalue weighted by Gasteiger charge is 2.36. The molecule has 3 aliphatic rings. The average molecular weight is 641 g/mol. The number of rotatable bonds is 21. The monoisotopic (exact) mass is 641 g/mol. The molecule has 0 unspecified atom stereocenters. The summed E-state index contributed by atoms with van der Waals surface area (Å²) in [5.74, 6) is 0.362. The zero-order valence-electron chi connectivity index (χ0n) is 30.5. The molecule has 1 aromatic rings. The Balaban J connectivity index is 1.60. The minimum atomic E-state index is -0.0549. The Labute approximate surface area is 284 Å². The minimum absolute atomic E-state index is 0.00370. The van der Waals surface area contributed by atoms with E-state index >= 15 is 0 Å². The molecule has 0 bridgehead atoms. The first-order valence-electron chi connectivity index (χ1n) is 20.2. The molecule has 0 saturated heterocycles. The summed E-state index contributed by atoms with van der Waals surface area (Å²) in [4.78, 5) is 0. The van der Waals surface area contributed by atoms with Gasteiger partial charge in [0, 0.05) is 5.56 Å². The van der Waals surface area contributed by atoms with Gasteiger partial charge in [-0.2, -0.15) is 0 Å². The molecule has 1 N–H and O–H groups in total. The van der Waals surface area contributed by atoms with Crippen LogP contribution in [0.3, 0.4) is 0 Å². The summed E-state index contributed by atoms with van der Waals surface area (Å²) in [5, 5.41) is 11.5. The lowest BCUT2D eigenvalue weighted by atomic mass is 9.80. The summed E-state index contributed by atoms with van der Waals surface area (Å²) in [5.41, 5.74) is 3.19. The average Bonchev–Trinajstić information content (AvgIpc) is 3.08. The van der Waals surface area contributed by atoms with E-state index in [1.165, 1.54) is 140 Å². The highest BCUT2D eigenvalue weighted by molar-refractivity contribution is 5.44. The molecule has 3 fully saturated rings. The van der Waals surface area contributed by atoms with Gasteiger partial charge in [-0.15, -0.1) is 0 Å². The smallest absolute Gasteiger partial charge is 0.121 e. The third-order valence-electron chi connectivity index (χ3n) is 12.1. The number of ether oxygens (including phenoxy) is 3. The van der Waals surface area contributed by atoms with Crippen molar-refractivity contribution in [1.29, 1.82) is 0 Å². The second kappa shape index (κ2) is 19.8. The second-order valence-electron chi connectivity index (χ2n) is 15.7. The van der Waals surface area contributed by atoms with Crippen molar-refractivity contribution in [1.82, 2.24) is 0 Å². The normalized spacial score (nSPS) is 20.9. The summed E-state index contributed by atoms with van der Waals surface area (Å²) in [6, 6.07) is 4.04. The number of hydrogen-bond acceptors (Lipinski definition) is 4. The Hall–Kier alpha value is -1.10. The van der Waals surface area contributed by atoms with Crippen LogP contribution in [0.15, 0.2) is 12.1 Å². The number of hydrogen-bond donors (Lipinski definition) is 1. The van der Waals surface area contributed by atoms with E-state index in [-0.39, 0.29) is 16.8 Å². The van der Waals surface area contributed by atoms with Gasteiger partial charge in [0.2, 0.25) is 0 Å². The highest BCUT2D eigenvalue weighted by atomic mass is 16.5. The Kier molecular flexibility index (Phi) is 16.2. The van der Waals surface area contributed by atoms with Gasteiger partial charge in [0.25, 0.3) is 0 Å². The van der Waals surface area contributed by atoms with Gasteiger partial charge in [-0.05, 0) is 75.0 Å². The fourth-order valence-electron chi connectivity index (χ4n) is 8.97. The molecule has 0 atom stereocenters. The summed E-state index contributed by atoms with van der Waals surface area (Å²) < 4.78 is 21.1. The van der Waals surface area contributed by atoms with Gasteiger partial charge < -0.3 is 19.3 Å². The van der Waals surface area contributed by atoms with Gasteiger partial charge in [0.05, 0.1) is 36.6 Å². The predicted molar refractivity (Wildman–Crippen MR) is 192 cm³/mol. The van der Waals surface area contributed by atoms with E-state index < -0.39 is 0 Å². The molecule has 264 valence electrons. The molecule has 0 aliphatic heterocycles. The molecule has 4 rings (SSSR count). The third-order valence-corrected chi connectivity index (χ3v) is 12.1. The van der Waals surface area contributed by atoms with Crippen molar-refractivity contribution in [2.24, 2.45) is 0 Å². The van der Waals surface area contributed by atoms with Crippen LogP contribution in [0, 0.1) is 0 Å². The van der Waals surface area contributed by atoms with Crippen LogP contribution in [0.1, 0.15) is 211 Å². The van der Waals surface area contributed by atoms with Crippen molar-refractivity contribution < 1.29 is 19.3 Å². The molecule has 0 amide bonds. The van der Waals surface area contributed by atoms with Crippen LogP contribution in [0.5, 0.6) is 5.75 Å². The molecule has 3 saturated carbocycles. The van der Waals surface area contributed by atoms with E-state index in [0.717, 1.165) is 49.7 Å². The molecule has 46 heavy (non-hydrogen) atoms. The van der Waals surface area contributed by atoms with E-state index in [0.29, 0.717) is 25.6 Å². The quantitative estimate of drug-likeness (QED) is 0.136. The maximum absolute atomic E-state index is 11.5. The molecule has 4 nitrogen and oxygen atoms in total. The SMILES string of the molecule is CCCCCC1(OCc2ccc(O)c(COC3(CCCCC)CCCCC3)c2COC2(CCCCC)CCCCC2)CCCCC1. The maximum Gasteiger partial charge on any atom is 0.121 e. The van der Waals surface area contributed by atoms with Crippen molar-refractivity contribution in [3.8, 4) is 5.75 Å². The van der Waals surface area contributed by atoms with Gasteiger partial charge in [-0.3, -0.25) is 0 Å². The van der Waals surface area contributed by atoms with Crippen molar-refractivity contribution in [3.05, 3.63) is 28.8 Å². The lowest BCUT2D eigenvalue weighted by Gasteiger charge is -2.40.